The number of nitrogens with zero attached hydrogens (tertiary/aromatic N) is 1. The fraction of sp³-hybridized carbons (Fsp3) is 0.118. The average molecular weight is 402 g/mol. The number of para-hydroxylation sites is 1. The second-order valence-corrected chi connectivity index (χ2v) is 6.70. The molecule has 0 aliphatic carbocycles. The van der Waals surface area contributed by atoms with E-state index in [0.717, 1.165) is 10.0 Å². The van der Waals surface area contributed by atoms with Crippen LogP contribution in [0.2, 0.25) is 0 Å². The van der Waals surface area contributed by atoms with Crippen LogP contribution in [0.1, 0.15) is 27.4 Å². The van der Waals surface area contributed by atoms with Crippen molar-refractivity contribution in [3.63, 3.8) is 0 Å². The Balaban J connectivity index is 1.80. The van der Waals surface area contributed by atoms with Gasteiger partial charge in [0.05, 0.1) is 23.2 Å². The number of carboxylic acids is 1. The van der Waals surface area contributed by atoms with Crippen molar-refractivity contribution in [1.82, 2.24) is 0 Å². The van der Waals surface area contributed by atoms with Gasteiger partial charge in [-0.05, 0) is 45.8 Å². The van der Waals surface area contributed by atoms with Gasteiger partial charge in [0.2, 0.25) is 5.91 Å². The van der Waals surface area contributed by atoms with Crippen LogP contribution in [0.4, 0.5) is 11.4 Å². The highest BCUT2D eigenvalue weighted by atomic mass is 79.9. The Kier molecular flexibility index (Phi) is 3.50. The Morgan fingerprint density at radius 3 is 2.76 bits per heavy atom. The minimum Gasteiger partial charge on any atom is -0.478 e. The third kappa shape index (κ3) is 2.29. The molecule has 0 fully saturated rings. The molecule has 0 saturated heterocycles. The van der Waals surface area contributed by atoms with Gasteiger partial charge in [-0.1, -0.05) is 17.3 Å². The van der Waals surface area contributed by atoms with Gasteiger partial charge in [0.25, 0.3) is 0 Å². The summed E-state index contributed by atoms with van der Waals surface area (Å²) >= 11 is 3.42. The van der Waals surface area contributed by atoms with Gasteiger partial charge in [-0.2, -0.15) is 0 Å². The lowest BCUT2D eigenvalue weighted by molar-refractivity contribution is -0.117. The van der Waals surface area contributed by atoms with Crippen LogP contribution in [0.25, 0.3) is 0 Å². The van der Waals surface area contributed by atoms with Crippen LogP contribution in [0.5, 0.6) is 0 Å². The summed E-state index contributed by atoms with van der Waals surface area (Å²) in [6.45, 7) is 0. The minimum absolute atomic E-state index is 0.0846. The highest BCUT2D eigenvalue weighted by Gasteiger charge is 2.44. The van der Waals surface area contributed by atoms with Crippen molar-refractivity contribution >= 4 is 44.9 Å². The Labute approximate surface area is 150 Å². The van der Waals surface area contributed by atoms with E-state index in [9.17, 15) is 14.8 Å². The van der Waals surface area contributed by atoms with Crippen LogP contribution in [-0.2, 0) is 4.79 Å². The lowest BCUT2D eigenvalue weighted by Gasteiger charge is -2.18. The topological polar surface area (TPSA) is 111 Å². The molecule has 0 spiro atoms. The summed E-state index contributed by atoms with van der Waals surface area (Å²) in [5.41, 5.74) is 2.90. The number of hydrogen-bond donors (Lipinski definition) is 4. The van der Waals surface area contributed by atoms with E-state index in [1.807, 2.05) is 18.2 Å². The predicted molar refractivity (Wildman–Crippen MR) is 94.6 cm³/mol. The Hall–Kier alpha value is -2.87. The first-order chi connectivity index (χ1) is 12.0. The van der Waals surface area contributed by atoms with E-state index in [2.05, 4.69) is 31.7 Å². The van der Waals surface area contributed by atoms with E-state index >= 15 is 0 Å². The first kappa shape index (κ1) is 15.6. The van der Waals surface area contributed by atoms with Gasteiger partial charge in [-0.25, -0.2) is 4.79 Å². The zero-order chi connectivity index (χ0) is 17.7. The van der Waals surface area contributed by atoms with Gasteiger partial charge in [0.15, 0.2) is 0 Å². The summed E-state index contributed by atoms with van der Waals surface area (Å²) in [6.07, 6.45) is 0. The van der Waals surface area contributed by atoms with E-state index in [1.54, 1.807) is 6.07 Å². The minimum atomic E-state index is -1.07. The van der Waals surface area contributed by atoms with E-state index in [-0.39, 0.29) is 17.2 Å². The molecule has 2 aromatic carbocycles. The van der Waals surface area contributed by atoms with Crippen LogP contribution in [0.3, 0.4) is 0 Å². The van der Waals surface area contributed by atoms with Gasteiger partial charge in [0.1, 0.15) is 5.71 Å². The summed E-state index contributed by atoms with van der Waals surface area (Å²) in [5.74, 6) is -1.89. The molecule has 25 heavy (non-hydrogen) atoms. The van der Waals surface area contributed by atoms with Crippen LogP contribution >= 0.6 is 15.9 Å². The number of hydrogen-bond acceptors (Lipinski definition) is 5. The van der Waals surface area contributed by atoms with Crippen molar-refractivity contribution in [2.45, 2.75) is 12.0 Å². The molecule has 126 valence electrons. The predicted octanol–water partition coefficient (Wildman–Crippen LogP) is 2.86. The van der Waals surface area contributed by atoms with Gasteiger partial charge in [-0.15, -0.1) is 0 Å². The molecule has 2 aromatic rings. The highest BCUT2D eigenvalue weighted by molar-refractivity contribution is 9.10. The molecule has 4 N–H and O–H groups in total. The zero-order valence-electron chi connectivity index (χ0n) is 12.7. The summed E-state index contributed by atoms with van der Waals surface area (Å²) in [5, 5.41) is 28.1. The standard InChI is InChI=1S/C17H12BrN3O4/c18-10-3-1-2-8-12(16(22)20-13(8)10)15-14(21-25)9-6-7(17(23)24)4-5-11(9)19-15/h1-6,12,15,19,25H,(H,20,22)(H,23,24)/b21-14+. The molecule has 7 nitrogen and oxygen atoms in total. The number of anilines is 2. The number of carbonyl (C=O) groups excluding carboxylic acids is 1. The number of amides is 1. The molecular formula is C17H12BrN3O4. The molecule has 4 rings (SSSR count). The van der Waals surface area contributed by atoms with Gasteiger partial charge >= 0.3 is 5.97 Å². The summed E-state index contributed by atoms with van der Waals surface area (Å²) in [4.78, 5) is 23.8. The molecule has 1 amide bonds. The molecule has 2 atom stereocenters. The number of halogens is 1. The van der Waals surface area contributed by atoms with Crippen molar-refractivity contribution < 1.29 is 19.9 Å². The van der Waals surface area contributed by atoms with Crippen molar-refractivity contribution in [1.29, 1.82) is 0 Å². The lowest BCUT2D eigenvalue weighted by Crippen LogP contribution is -2.34. The van der Waals surface area contributed by atoms with Crippen molar-refractivity contribution in [3.8, 4) is 0 Å². The van der Waals surface area contributed by atoms with E-state index in [4.69, 9.17) is 5.11 Å². The maximum atomic E-state index is 12.6. The third-order valence-electron chi connectivity index (χ3n) is 4.50. The first-order valence-electron chi connectivity index (χ1n) is 7.46. The Bertz CT molecular complexity index is 957. The molecule has 0 aromatic heterocycles. The number of rotatable bonds is 2. The van der Waals surface area contributed by atoms with Crippen LogP contribution < -0.4 is 10.6 Å². The number of fused-ring (bicyclic) bond motifs is 2. The molecule has 0 radical (unpaired) electrons. The SMILES string of the molecule is O=C(O)c1ccc2c(c1)/C(=N\O)C(C1C(=O)Nc3c(Br)cccc31)N2. The largest absolute Gasteiger partial charge is 0.478 e. The maximum absolute atomic E-state index is 12.6. The van der Waals surface area contributed by atoms with Crippen molar-refractivity contribution in [2.24, 2.45) is 5.16 Å². The monoisotopic (exact) mass is 401 g/mol. The summed E-state index contributed by atoms with van der Waals surface area (Å²) < 4.78 is 0.770. The summed E-state index contributed by atoms with van der Waals surface area (Å²) in [6, 6.07) is 9.41. The molecule has 2 unspecified atom stereocenters. The Morgan fingerprint density at radius 2 is 2.04 bits per heavy atom. The molecule has 2 aliphatic rings. The third-order valence-corrected chi connectivity index (χ3v) is 5.16. The molecule has 0 saturated carbocycles. The fourth-order valence-corrected chi connectivity index (χ4v) is 3.86. The van der Waals surface area contributed by atoms with Crippen LogP contribution in [0, 0.1) is 0 Å². The fourth-order valence-electron chi connectivity index (χ4n) is 3.38. The van der Waals surface area contributed by atoms with Gasteiger partial charge < -0.3 is 20.9 Å². The number of benzene rings is 2. The maximum Gasteiger partial charge on any atom is 0.335 e. The smallest absolute Gasteiger partial charge is 0.335 e. The Morgan fingerprint density at radius 1 is 1.24 bits per heavy atom. The second kappa shape index (κ2) is 5.59. The lowest BCUT2D eigenvalue weighted by atomic mass is 9.89. The van der Waals surface area contributed by atoms with Crippen molar-refractivity contribution in [3.05, 3.63) is 57.6 Å². The number of oxime groups is 1. The number of nitrogens with one attached hydrogen (secondary N) is 2. The van der Waals surface area contributed by atoms with Gasteiger partial charge in [0, 0.05) is 15.7 Å². The first-order valence-corrected chi connectivity index (χ1v) is 8.26. The average Bonchev–Trinajstić information content (AvgIpc) is 3.11. The molecule has 2 heterocycles. The number of carbonyl (C=O) groups is 2. The van der Waals surface area contributed by atoms with E-state index in [1.165, 1.54) is 12.1 Å². The van der Waals surface area contributed by atoms with E-state index < -0.39 is 17.9 Å². The normalized spacial score (nSPS) is 22.3. The highest BCUT2D eigenvalue weighted by Crippen LogP contribution is 2.43. The molecule has 8 heteroatoms. The van der Waals surface area contributed by atoms with Crippen LogP contribution in [-0.4, -0.2) is 33.9 Å². The van der Waals surface area contributed by atoms with Crippen molar-refractivity contribution in [2.75, 3.05) is 10.6 Å². The van der Waals surface area contributed by atoms with Crippen LogP contribution in [0.15, 0.2) is 46.0 Å². The zero-order valence-corrected chi connectivity index (χ0v) is 14.2. The quantitative estimate of drug-likeness (QED) is 0.456. The number of carboxylic acid groups (broad SMARTS) is 1. The molecule has 2 aliphatic heterocycles. The second-order valence-electron chi connectivity index (χ2n) is 5.84. The molecule has 0 bridgehead atoms. The van der Waals surface area contributed by atoms with Gasteiger partial charge in [-0.3, -0.25) is 4.79 Å². The van der Waals surface area contributed by atoms with E-state index in [0.29, 0.717) is 16.9 Å². The summed E-state index contributed by atoms with van der Waals surface area (Å²) in [7, 11) is 0. The molecular weight excluding hydrogens is 390 g/mol. The number of aromatic carboxylic acids is 1.